The predicted molar refractivity (Wildman–Crippen MR) is 140 cm³/mol. The van der Waals surface area contributed by atoms with E-state index >= 15 is 0 Å². The van der Waals surface area contributed by atoms with E-state index in [1.165, 1.54) is 6.07 Å². The first kappa shape index (κ1) is 25.4. The van der Waals surface area contributed by atoms with Crippen molar-refractivity contribution in [3.8, 4) is 17.0 Å². The van der Waals surface area contributed by atoms with Crippen LogP contribution in [0.4, 0.5) is 4.39 Å². The first-order valence-corrected chi connectivity index (χ1v) is 13.2. The second-order valence-electron chi connectivity index (χ2n) is 10.3. The maximum Gasteiger partial charge on any atom is 0.275 e. The smallest absolute Gasteiger partial charge is 0.275 e. The van der Waals surface area contributed by atoms with Crippen LogP contribution in [0.5, 0.6) is 5.75 Å². The minimum Gasteiger partial charge on any atom is -0.490 e. The molecular weight excluding hydrogens is 471 g/mol. The third kappa shape index (κ3) is 5.40. The second kappa shape index (κ2) is 11.0. The standard InChI is InChI=1S/C29H35FN4O3/c1-29(36)15-8-7-13-25(29)34-20-32-26(27(34)21-9-3-2-4-10-21)28(35)33-17-16-31-19-22(33)14-18-37-24-12-6-5-11-23(24)30/h2-6,9-12,20,22,25,31,36H,7-8,13-19H2,1H3/t22-,25-,29+/m1/s1. The van der Waals surface area contributed by atoms with Gasteiger partial charge in [0.25, 0.3) is 5.91 Å². The topological polar surface area (TPSA) is 79.6 Å². The molecule has 1 aliphatic heterocycles. The molecule has 2 aliphatic rings. The zero-order chi connectivity index (χ0) is 25.8. The molecule has 0 bridgehead atoms. The third-order valence-electron chi connectivity index (χ3n) is 7.66. The summed E-state index contributed by atoms with van der Waals surface area (Å²) in [7, 11) is 0. The summed E-state index contributed by atoms with van der Waals surface area (Å²) in [5.74, 6) is -0.312. The van der Waals surface area contributed by atoms with Crippen molar-refractivity contribution in [3.05, 3.63) is 72.4 Å². The molecule has 1 amide bonds. The summed E-state index contributed by atoms with van der Waals surface area (Å²) in [6.07, 6.45) is 5.85. The average molecular weight is 507 g/mol. The van der Waals surface area contributed by atoms with E-state index < -0.39 is 11.4 Å². The fourth-order valence-electron chi connectivity index (χ4n) is 5.66. The number of nitrogens with one attached hydrogen (secondary N) is 1. The molecule has 2 heterocycles. The zero-order valence-electron chi connectivity index (χ0n) is 21.3. The number of ether oxygens (including phenoxy) is 1. The van der Waals surface area contributed by atoms with Crippen LogP contribution in [0, 0.1) is 5.82 Å². The van der Waals surface area contributed by atoms with E-state index in [2.05, 4.69) is 10.3 Å². The minimum atomic E-state index is -0.871. The molecule has 5 rings (SSSR count). The fourth-order valence-corrected chi connectivity index (χ4v) is 5.66. The third-order valence-corrected chi connectivity index (χ3v) is 7.66. The molecule has 2 fully saturated rings. The van der Waals surface area contributed by atoms with Crippen LogP contribution in [0.3, 0.4) is 0 Å². The summed E-state index contributed by atoms with van der Waals surface area (Å²) in [6, 6.07) is 15.9. The molecule has 8 heteroatoms. The van der Waals surface area contributed by atoms with Crippen molar-refractivity contribution in [2.24, 2.45) is 0 Å². The van der Waals surface area contributed by atoms with Gasteiger partial charge in [-0.05, 0) is 31.9 Å². The molecule has 0 radical (unpaired) electrons. The summed E-state index contributed by atoms with van der Waals surface area (Å²) in [5.41, 5.74) is 1.18. The number of hydrogen-bond acceptors (Lipinski definition) is 5. The van der Waals surface area contributed by atoms with E-state index in [9.17, 15) is 14.3 Å². The number of halogens is 1. The highest BCUT2D eigenvalue weighted by Gasteiger charge is 2.39. The van der Waals surface area contributed by atoms with Crippen LogP contribution in [0.1, 0.15) is 55.6 Å². The van der Waals surface area contributed by atoms with Gasteiger partial charge < -0.3 is 24.6 Å². The highest BCUT2D eigenvalue weighted by molar-refractivity contribution is 5.98. The Hall–Kier alpha value is -3.23. The van der Waals surface area contributed by atoms with Crippen LogP contribution in [0.15, 0.2) is 60.9 Å². The summed E-state index contributed by atoms with van der Waals surface area (Å²) >= 11 is 0. The Balaban J connectivity index is 1.41. The van der Waals surface area contributed by atoms with Crippen molar-refractivity contribution in [2.75, 3.05) is 26.2 Å². The first-order chi connectivity index (χ1) is 18.0. The molecule has 7 nitrogen and oxygen atoms in total. The molecule has 0 spiro atoms. The molecule has 1 saturated heterocycles. The average Bonchev–Trinajstić information content (AvgIpc) is 3.34. The van der Waals surface area contributed by atoms with Gasteiger partial charge in [0.05, 0.1) is 30.3 Å². The lowest BCUT2D eigenvalue weighted by molar-refractivity contribution is -0.0243. The zero-order valence-corrected chi connectivity index (χ0v) is 21.3. The van der Waals surface area contributed by atoms with E-state index in [1.54, 1.807) is 24.5 Å². The molecule has 1 aromatic heterocycles. The fraction of sp³-hybridized carbons (Fsp3) is 0.448. The maximum atomic E-state index is 14.0. The van der Waals surface area contributed by atoms with E-state index in [0.717, 1.165) is 36.9 Å². The van der Waals surface area contributed by atoms with Gasteiger partial charge in [0.2, 0.25) is 0 Å². The molecule has 1 aliphatic carbocycles. The van der Waals surface area contributed by atoms with Crippen molar-refractivity contribution >= 4 is 5.91 Å². The number of hydrogen-bond donors (Lipinski definition) is 2. The highest BCUT2D eigenvalue weighted by Crippen LogP contribution is 2.40. The van der Waals surface area contributed by atoms with Gasteiger partial charge in [-0.2, -0.15) is 0 Å². The summed E-state index contributed by atoms with van der Waals surface area (Å²) in [5, 5.41) is 14.6. The number of aromatic nitrogens is 2. The van der Waals surface area contributed by atoms with Gasteiger partial charge >= 0.3 is 0 Å². The molecular formula is C29H35FN4O3. The first-order valence-electron chi connectivity index (χ1n) is 13.2. The highest BCUT2D eigenvalue weighted by atomic mass is 19.1. The molecule has 0 unspecified atom stereocenters. The van der Waals surface area contributed by atoms with Crippen molar-refractivity contribution in [1.82, 2.24) is 19.8 Å². The van der Waals surface area contributed by atoms with Gasteiger partial charge in [0.15, 0.2) is 17.3 Å². The minimum absolute atomic E-state index is 0.111. The Bertz CT molecular complexity index is 1210. The van der Waals surface area contributed by atoms with Gasteiger partial charge in [-0.3, -0.25) is 4.79 Å². The second-order valence-corrected chi connectivity index (χ2v) is 10.3. The number of rotatable bonds is 7. The number of carbonyl (C=O) groups is 1. The van der Waals surface area contributed by atoms with Crippen LogP contribution in [-0.2, 0) is 0 Å². The molecule has 3 atom stereocenters. The van der Waals surface area contributed by atoms with Gasteiger partial charge in [0.1, 0.15) is 0 Å². The van der Waals surface area contributed by atoms with Crippen molar-refractivity contribution in [1.29, 1.82) is 0 Å². The van der Waals surface area contributed by atoms with E-state index in [4.69, 9.17) is 4.74 Å². The van der Waals surface area contributed by atoms with Crippen molar-refractivity contribution < 1.29 is 19.0 Å². The van der Waals surface area contributed by atoms with Crippen LogP contribution >= 0.6 is 0 Å². The summed E-state index contributed by atoms with van der Waals surface area (Å²) in [6.45, 7) is 4.04. The van der Waals surface area contributed by atoms with E-state index in [1.807, 2.05) is 46.7 Å². The molecule has 2 aromatic carbocycles. The molecule has 37 heavy (non-hydrogen) atoms. The Kier molecular flexibility index (Phi) is 7.58. The number of benzene rings is 2. The number of carbonyl (C=O) groups excluding carboxylic acids is 1. The molecule has 196 valence electrons. The SMILES string of the molecule is C[C@]1(O)CCCC[C@H]1n1cnc(C(=O)N2CCNC[C@H]2CCOc2ccccc2F)c1-c1ccccc1. The lowest BCUT2D eigenvalue weighted by Crippen LogP contribution is -2.54. The Morgan fingerprint density at radius 1 is 1.19 bits per heavy atom. The number of imidazole rings is 1. The lowest BCUT2D eigenvalue weighted by atomic mass is 9.81. The lowest BCUT2D eigenvalue weighted by Gasteiger charge is -2.39. The van der Waals surface area contributed by atoms with E-state index in [-0.39, 0.29) is 23.7 Å². The number of aliphatic hydroxyl groups is 1. The van der Waals surface area contributed by atoms with E-state index in [0.29, 0.717) is 38.4 Å². The summed E-state index contributed by atoms with van der Waals surface area (Å²) in [4.78, 5) is 20.5. The summed E-state index contributed by atoms with van der Waals surface area (Å²) < 4.78 is 21.7. The predicted octanol–water partition coefficient (Wildman–Crippen LogP) is 4.44. The van der Waals surface area contributed by atoms with Crippen LogP contribution < -0.4 is 10.1 Å². The van der Waals surface area contributed by atoms with Gasteiger partial charge in [-0.1, -0.05) is 55.3 Å². The molecule has 3 aromatic rings. The molecule has 2 N–H and O–H groups in total. The van der Waals surface area contributed by atoms with Gasteiger partial charge in [-0.15, -0.1) is 0 Å². The molecule has 1 saturated carbocycles. The quantitative estimate of drug-likeness (QED) is 0.495. The van der Waals surface area contributed by atoms with Crippen molar-refractivity contribution in [2.45, 2.75) is 56.7 Å². The Morgan fingerprint density at radius 2 is 1.97 bits per heavy atom. The Morgan fingerprint density at radius 3 is 2.76 bits per heavy atom. The number of para-hydroxylation sites is 1. The van der Waals surface area contributed by atoms with Gasteiger partial charge in [0, 0.05) is 37.7 Å². The van der Waals surface area contributed by atoms with Crippen molar-refractivity contribution in [3.63, 3.8) is 0 Å². The van der Waals surface area contributed by atoms with Crippen LogP contribution in [-0.4, -0.2) is 63.3 Å². The largest absolute Gasteiger partial charge is 0.490 e. The maximum absolute atomic E-state index is 14.0. The Labute approximate surface area is 217 Å². The number of piperazine rings is 1. The number of amides is 1. The normalized spacial score (nSPS) is 24.1. The van der Waals surface area contributed by atoms with Crippen LogP contribution in [0.25, 0.3) is 11.3 Å². The van der Waals surface area contributed by atoms with Crippen LogP contribution in [0.2, 0.25) is 0 Å². The van der Waals surface area contributed by atoms with Gasteiger partial charge in [-0.25, -0.2) is 9.37 Å². The monoisotopic (exact) mass is 506 g/mol. The number of nitrogens with zero attached hydrogens (tertiary/aromatic N) is 3.